The third kappa shape index (κ3) is 6.52. The summed E-state index contributed by atoms with van der Waals surface area (Å²) in [7, 11) is -0.558. The van der Waals surface area contributed by atoms with Crippen molar-refractivity contribution in [3.05, 3.63) is 0 Å². The summed E-state index contributed by atoms with van der Waals surface area (Å²) >= 11 is 0. The fourth-order valence-electron chi connectivity index (χ4n) is 3.46. The van der Waals surface area contributed by atoms with Crippen LogP contribution in [0.25, 0.3) is 0 Å². The molecular weight excluding hydrogens is 386 g/mol. The molecule has 0 aromatic rings. The van der Waals surface area contributed by atoms with Crippen molar-refractivity contribution < 1.29 is 23.4 Å². The lowest BCUT2D eigenvalue weighted by molar-refractivity contribution is -0.154. The molecule has 1 aliphatic rings. The van der Waals surface area contributed by atoms with Crippen molar-refractivity contribution in [2.45, 2.75) is 97.9 Å². The number of rotatable bonds is 8. The quantitative estimate of drug-likeness (QED) is 0.405. The molecule has 0 aliphatic carbocycles. The minimum atomic E-state index is -1.87. The normalized spacial score (nSPS) is 24.6. The van der Waals surface area contributed by atoms with Gasteiger partial charge in [0.15, 0.2) is 14.1 Å². The fourth-order valence-corrected chi connectivity index (χ4v) is 4.57. The molecule has 0 saturated carbocycles. The van der Waals surface area contributed by atoms with E-state index in [0.29, 0.717) is 13.0 Å². The van der Waals surface area contributed by atoms with E-state index in [1.165, 1.54) is 7.11 Å². The van der Waals surface area contributed by atoms with E-state index in [4.69, 9.17) is 18.6 Å². The number of carbonyl (C=O) groups excluding carboxylic acids is 1. The van der Waals surface area contributed by atoms with Crippen molar-refractivity contribution >= 4 is 14.3 Å². The zero-order valence-electron chi connectivity index (χ0n) is 20.2. The van der Waals surface area contributed by atoms with E-state index < -0.39 is 31.4 Å². The number of nitrogens with zero attached hydrogens (tertiary/aromatic N) is 1. The molecule has 6 nitrogen and oxygen atoms in total. The molecule has 0 aromatic carbocycles. The molecule has 7 heteroatoms. The molecule has 0 bridgehead atoms. The molecule has 0 N–H and O–H groups in total. The standard InChI is InChI=1S/C22H41NO5Si/c1-15(14-26-29(10,11)20(2,3)4)18-17(27-22(7,8)28-18)12-21(5,6)16(13-23)19(24)25-9/h15-18H,12,14H2,1-11H3/t15-,16?,17-,18+/m0/s1. The second-order valence-electron chi connectivity index (χ2n) is 11.0. The molecule has 0 aromatic heterocycles. The Balaban J connectivity index is 2.96. The van der Waals surface area contributed by atoms with Crippen molar-refractivity contribution in [3.8, 4) is 6.07 Å². The summed E-state index contributed by atoms with van der Waals surface area (Å²) in [5.74, 6) is -1.98. The van der Waals surface area contributed by atoms with Gasteiger partial charge in [-0.1, -0.05) is 41.5 Å². The Labute approximate surface area is 178 Å². The SMILES string of the molecule is COC(=O)C(C#N)C(C)(C)C[C@@H]1OC(C)(C)O[C@@H]1[C@@H](C)CO[Si](C)(C)C(C)(C)C. The topological polar surface area (TPSA) is 77.8 Å². The summed E-state index contributed by atoms with van der Waals surface area (Å²) in [6.07, 6.45) is 0.100. The number of hydrogen-bond donors (Lipinski definition) is 0. The zero-order valence-corrected chi connectivity index (χ0v) is 21.2. The van der Waals surface area contributed by atoms with Crippen LogP contribution in [0.15, 0.2) is 0 Å². The first-order valence-electron chi connectivity index (χ1n) is 10.4. The Bertz CT molecular complexity index is 618. The third-order valence-electron chi connectivity index (χ3n) is 6.37. The van der Waals surface area contributed by atoms with Gasteiger partial charge in [0.1, 0.15) is 5.92 Å². The summed E-state index contributed by atoms with van der Waals surface area (Å²) in [6.45, 7) is 21.5. The van der Waals surface area contributed by atoms with E-state index >= 15 is 0 Å². The van der Waals surface area contributed by atoms with E-state index in [1.54, 1.807) is 0 Å². The van der Waals surface area contributed by atoms with Gasteiger partial charge in [-0.3, -0.25) is 4.79 Å². The fraction of sp³-hybridized carbons (Fsp3) is 0.909. The molecule has 0 spiro atoms. The average molecular weight is 428 g/mol. The maximum absolute atomic E-state index is 12.1. The average Bonchev–Trinajstić information content (AvgIpc) is 2.85. The number of nitriles is 1. The lowest BCUT2D eigenvalue weighted by Crippen LogP contribution is -2.44. The first kappa shape index (κ1) is 26.1. The molecule has 0 amide bonds. The maximum Gasteiger partial charge on any atom is 0.323 e. The van der Waals surface area contributed by atoms with E-state index in [-0.39, 0.29) is 23.2 Å². The molecule has 0 radical (unpaired) electrons. The van der Waals surface area contributed by atoms with Crippen LogP contribution in [0.4, 0.5) is 0 Å². The van der Waals surface area contributed by atoms with Gasteiger partial charge in [-0.25, -0.2) is 0 Å². The summed E-state index contributed by atoms with van der Waals surface area (Å²) < 4.78 is 23.7. The van der Waals surface area contributed by atoms with Crippen LogP contribution in [-0.4, -0.2) is 46.0 Å². The van der Waals surface area contributed by atoms with Gasteiger partial charge in [-0.2, -0.15) is 5.26 Å². The first-order valence-corrected chi connectivity index (χ1v) is 13.4. The highest BCUT2D eigenvalue weighted by molar-refractivity contribution is 6.74. The molecule has 1 fully saturated rings. The molecule has 1 unspecified atom stereocenters. The van der Waals surface area contributed by atoms with Gasteiger partial charge in [0.2, 0.25) is 0 Å². The molecule has 4 atom stereocenters. The maximum atomic E-state index is 12.1. The molecule has 1 heterocycles. The molecule has 1 aliphatic heterocycles. The summed E-state index contributed by atoms with van der Waals surface area (Å²) in [4.78, 5) is 12.1. The van der Waals surface area contributed by atoms with Gasteiger partial charge in [-0.05, 0) is 43.8 Å². The number of ether oxygens (including phenoxy) is 3. The number of hydrogen-bond acceptors (Lipinski definition) is 6. The molecular formula is C22H41NO5Si. The van der Waals surface area contributed by atoms with Gasteiger partial charge in [-0.15, -0.1) is 0 Å². The van der Waals surface area contributed by atoms with Crippen LogP contribution >= 0.6 is 0 Å². The van der Waals surface area contributed by atoms with E-state index in [1.807, 2.05) is 27.7 Å². The van der Waals surface area contributed by atoms with E-state index in [0.717, 1.165) is 0 Å². The van der Waals surface area contributed by atoms with Crippen LogP contribution in [0, 0.1) is 28.6 Å². The van der Waals surface area contributed by atoms with E-state index in [2.05, 4.69) is 46.9 Å². The Morgan fingerprint density at radius 3 is 2.21 bits per heavy atom. The van der Waals surface area contributed by atoms with Gasteiger partial charge in [0.05, 0.1) is 25.4 Å². The summed E-state index contributed by atoms with van der Waals surface area (Å²) in [5, 5.41) is 9.67. The monoisotopic (exact) mass is 427 g/mol. The minimum Gasteiger partial charge on any atom is -0.468 e. The van der Waals surface area contributed by atoms with Crippen molar-refractivity contribution in [3.63, 3.8) is 0 Å². The Morgan fingerprint density at radius 2 is 1.76 bits per heavy atom. The molecule has 1 saturated heterocycles. The first-order chi connectivity index (χ1) is 13.0. The largest absolute Gasteiger partial charge is 0.468 e. The summed E-state index contributed by atoms with van der Waals surface area (Å²) in [6, 6.07) is 2.10. The lowest BCUT2D eigenvalue weighted by atomic mass is 9.74. The zero-order chi connectivity index (χ0) is 22.8. The van der Waals surface area contributed by atoms with Crippen LogP contribution < -0.4 is 0 Å². The minimum absolute atomic E-state index is 0.116. The van der Waals surface area contributed by atoms with Crippen LogP contribution in [0.1, 0.15) is 61.8 Å². The van der Waals surface area contributed by atoms with Crippen molar-refractivity contribution in [1.82, 2.24) is 0 Å². The Morgan fingerprint density at radius 1 is 1.21 bits per heavy atom. The molecule has 1 rings (SSSR count). The molecule has 29 heavy (non-hydrogen) atoms. The number of esters is 1. The predicted molar refractivity (Wildman–Crippen MR) is 116 cm³/mol. The van der Waals surface area contributed by atoms with Crippen molar-refractivity contribution in [2.24, 2.45) is 17.3 Å². The Hall–Kier alpha value is -0.943. The van der Waals surface area contributed by atoms with Crippen LogP contribution in [0.3, 0.4) is 0 Å². The second-order valence-corrected chi connectivity index (χ2v) is 15.8. The van der Waals surface area contributed by atoms with Crippen molar-refractivity contribution in [1.29, 1.82) is 5.26 Å². The van der Waals surface area contributed by atoms with Crippen LogP contribution in [0.5, 0.6) is 0 Å². The highest BCUT2D eigenvalue weighted by Gasteiger charge is 2.49. The van der Waals surface area contributed by atoms with Gasteiger partial charge >= 0.3 is 5.97 Å². The number of methoxy groups -OCH3 is 1. The van der Waals surface area contributed by atoms with Gasteiger partial charge in [0, 0.05) is 12.5 Å². The lowest BCUT2D eigenvalue weighted by Gasteiger charge is -2.38. The van der Waals surface area contributed by atoms with Crippen LogP contribution in [-0.2, 0) is 23.4 Å². The summed E-state index contributed by atoms with van der Waals surface area (Å²) in [5.41, 5.74) is -0.617. The van der Waals surface area contributed by atoms with Gasteiger partial charge < -0.3 is 18.6 Å². The number of carbonyl (C=O) groups is 1. The highest BCUT2D eigenvalue weighted by Crippen LogP contribution is 2.42. The smallest absolute Gasteiger partial charge is 0.323 e. The third-order valence-corrected chi connectivity index (χ3v) is 10.9. The second kappa shape index (κ2) is 9.05. The highest BCUT2D eigenvalue weighted by atomic mass is 28.4. The van der Waals surface area contributed by atoms with Gasteiger partial charge in [0.25, 0.3) is 0 Å². The van der Waals surface area contributed by atoms with Crippen molar-refractivity contribution in [2.75, 3.05) is 13.7 Å². The molecule has 168 valence electrons. The van der Waals surface area contributed by atoms with E-state index in [9.17, 15) is 10.1 Å². The predicted octanol–water partition coefficient (Wildman–Crippen LogP) is 4.89. The Kier molecular flexibility index (Phi) is 8.14. The van der Waals surface area contributed by atoms with Crippen LogP contribution in [0.2, 0.25) is 18.1 Å².